The molecule has 4 aliphatic carbocycles. The molecule has 3 heteroatoms. The molecule has 10 atom stereocenters. The molecular weight excluding hydrogens is 408 g/mol. The van der Waals surface area contributed by atoms with Gasteiger partial charge in [-0.15, -0.1) is 0 Å². The normalized spacial score (nSPS) is 47.0. The van der Waals surface area contributed by atoms with Crippen molar-refractivity contribution < 1.29 is 14.6 Å². The maximum absolute atomic E-state index is 12.0. The molecule has 0 radical (unpaired) electrons. The summed E-state index contributed by atoms with van der Waals surface area (Å²) in [7, 11) is 0. The fourth-order valence-electron chi connectivity index (χ4n) is 9.35. The van der Waals surface area contributed by atoms with Gasteiger partial charge in [-0.3, -0.25) is 4.79 Å². The second kappa shape index (κ2) is 8.99. The van der Waals surface area contributed by atoms with E-state index in [-0.39, 0.29) is 11.4 Å². The highest BCUT2D eigenvalue weighted by Gasteiger charge is 2.67. The van der Waals surface area contributed by atoms with Crippen LogP contribution in [0.2, 0.25) is 0 Å². The molecule has 0 amide bonds. The number of carbonyl (C=O) groups is 1. The summed E-state index contributed by atoms with van der Waals surface area (Å²) in [5.74, 6) is 3.40. The summed E-state index contributed by atoms with van der Waals surface area (Å²) < 4.78 is 5.78. The Morgan fingerprint density at radius 3 is 2.33 bits per heavy atom. The van der Waals surface area contributed by atoms with E-state index in [2.05, 4.69) is 53.7 Å². The molecule has 1 N–H and O–H groups in total. The Morgan fingerprint density at radius 1 is 0.939 bits per heavy atom. The Hall–Kier alpha value is -0.830. The third-order valence-corrected chi connectivity index (χ3v) is 11.6. The van der Waals surface area contributed by atoms with Crippen molar-refractivity contribution in [1.29, 1.82) is 0 Å². The smallest absolute Gasteiger partial charge is 0.305 e. The average Bonchev–Trinajstić information content (AvgIpc) is 3.09. The standard InChI is InChI=1S/C30H50O3/c1-19(2)20(3)10-11-21(4)25-14-15-26-24-13-12-23-9-8-17-30(32,33-22(5)31)29(23,7)27(24)16-18-28(25,26)6/h10-11,19-21,23-27,32H,8-9,12-18H2,1-7H3/b11-10+/t20-,21-,23-,24-,25-,26+,27+,28-,29+,30?/m1/s1. The molecular formula is C30H50O3. The summed E-state index contributed by atoms with van der Waals surface area (Å²) in [6, 6.07) is 0. The quantitative estimate of drug-likeness (QED) is 0.265. The number of carbonyl (C=O) groups excluding carboxylic acids is 1. The minimum Gasteiger partial charge on any atom is -0.433 e. The van der Waals surface area contributed by atoms with Crippen LogP contribution < -0.4 is 0 Å². The third kappa shape index (κ3) is 4.03. The molecule has 0 aromatic carbocycles. The summed E-state index contributed by atoms with van der Waals surface area (Å²) >= 11 is 0. The minimum absolute atomic E-state index is 0.308. The van der Waals surface area contributed by atoms with E-state index in [0.717, 1.165) is 18.3 Å². The van der Waals surface area contributed by atoms with Crippen molar-refractivity contribution in [2.24, 2.45) is 58.2 Å². The maximum atomic E-state index is 12.0. The lowest BCUT2D eigenvalue weighted by atomic mass is 9.43. The summed E-state index contributed by atoms with van der Waals surface area (Å²) in [5, 5.41) is 11.8. The molecule has 4 fully saturated rings. The van der Waals surface area contributed by atoms with Gasteiger partial charge in [0.2, 0.25) is 5.79 Å². The first-order chi connectivity index (χ1) is 15.4. The molecule has 188 valence electrons. The van der Waals surface area contributed by atoms with Crippen LogP contribution in [0.5, 0.6) is 0 Å². The Morgan fingerprint density at radius 2 is 1.67 bits per heavy atom. The number of hydrogen-bond acceptors (Lipinski definition) is 3. The van der Waals surface area contributed by atoms with Crippen LogP contribution in [-0.4, -0.2) is 16.9 Å². The Balaban J connectivity index is 1.58. The van der Waals surface area contributed by atoms with E-state index < -0.39 is 5.79 Å². The number of aliphatic hydroxyl groups is 1. The van der Waals surface area contributed by atoms with Crippen LogP contribution in [0.15, 0.2) is 12.2 Å². The van der Waals surface area contributed by atoms with Crippen LogP contribution in [0, 0.1) is 58.2 Å². The minimum atomic E-state index is -1.29. The average molecular weight is 459 g/mol. The number of esters is 1. The molecule has 0 saturated heterocycles. The Kier molecular flexibility index (Phi) is 6.89. The monoisotopic (exact) mass is 458 g/mol. The lowest BCUT2D eigenvalue weighted by Gasteiger charge is -2.64. The number of ether oxygens (including phenoxy) is 1. The van der Waals surface area contributed by atoms with Gasteiger partial charge in [-0.05, 0) is 104 Å². The van der Waals surface area contributed by atoms with E-state index in [1.165, 1.54) is 51.9 Å². The van der Waals surface area contributed by atoms with Gasteiger partial charge in [0.1, 0.15) is 0 Å². The zero-order chi connectivity index (χ0) is 24.2. The molecule has 0 spiro atoms. The van der Waals surface area contributed by atoms with Crippen molar-refractivity contribution in [1.82, 2.24) is 0 Å². The fraction of sp³-hybridized carbons (Fsp3) is 0.900. The molecule has 0 aromatic heterocycles. The Labute approximate surface area is 203 Å². The largest absolute Gasteiger partial charge is 0.433 e. The van der Waals surface area contributed by atoms with E-state index in [1.54, 1.807) is 0 Å². The van der Waals surface area contributed by atoms with Crippen LogP contribution >= 0.6 is 0 Å². The van der Waals surface area contributed by atoms with E-state index in [9.17, 15) is 9.90 Å². The molecule has 4 rings (SSSR count). The van der Waals surface area contributed by atoms with Crippen molar-refractivity contribution in [3.8, 4) is 0 Å². The van der Waals surface area contributed by atoms with Crippen molar-refractivity contribution in [3.63, 3.8) is 0 Å². The van der Waals surface area contributed by atoms with Gasteiger partial charge in [0, 0.05) is 18.8 Å². The maximum Gasteiger partial charge on any atom is 0.305 e. The second-order valence-corrected chi connectivity index (χ2v) is 13.3. The molecule has 4 aliphatic rings. The number of fused-ring (bicyclic) bond motifs is 5. The number of hydrogen-bond donors (Lipinski definition) is 1. The highest BCUT2D eigenvalue weighted by atomic mass is 16.7. The Bertz CT molecular complexity index is 758. The van der Waals surface area contributed by atoms with Gasteiger partial charge in [0.15, 0.2) is 0 Å². The molecule has 0 aliphatic heterocycles. The van der Waals surface area contributed by atoms with Gasteiger partial charge in [-0.1, -0.05) is 53.7 Å². The molecule has 1 unspecified atom stereocenters. The third-order valence-electron chi connectivity index (χ3n) is 11.6. The van der Waals surface area contributed by atoms with Crippen LogP contribution in [0.1, 0.15) is 106 Å². The van der Waals surface area contributed by atoms with Gasteiger partial charge in [-0.2, -0.15) is 0 Å². The van der Waals surface area contributed by atoms with Crippen LogP contribution in [0.25, 0.3) is 0 Å². The lowest BCUT2D eigenvalue weighted by Crippen LogP contribution is -2.64. The van der Waals surface area contributed by atoms with Gasteiger partial charge in [0.05, 0.1) is 0 Å². The summed E-state index contributed by atoms with van der Waals surface area (Å²) in [4.78, 5) is 12.0. The fourth-order valence-corrected chi connectivity index (χ4v) is 9.35. The van der Waals surface area contributed by atoms with Gasteiger partial charge in [-0.25, -0.2) is 0 Å². The predicted octanol–water partition coefficient (Wildman–Crippen LogP) is 7.38. The molecule has 0 heterocycles. The first-order valence-electron chi connectivity index (χ1n) is 14.0. The van der Waals surface area contributed by atoms with E-state index in [1.807, 2.05) is 0 Å². The highest BCUT2D eigenvalue weighted by Crippen LogP contribution is 2.70. The molecule has 0 aromatic rings. The SMILES string of the molecule is CC(=O)OC1(O)CCC[C@@H]2CC[C@@H]3[C@@H]4CC[C@H]([C@H](C)/C=C/[C@@H](C)C(C)C)[C@@]4(C)CC[C@@H]3[C@]21C. The van der Waals surface area contributed by atoms with Gasteiger partial charge < -0.3 is 9.84 Å². The van der Waals surface area contributed by atoms with Crippen LogP contribution in [-0.2, 0) is 9.53 Å². The van der Waals surface area contributed by atoms with E-state index in [0.29, 0.717) is 47.3 Å². The van der Waals surface area contributed by atoms with E-state index >= 15 is 0 Å². The highest BCUT2D eigenvalue weighted by molar-refractivity contribution is 5.66. The summed E-state index contributed by atoms with van der Waals surface area (Å²) in [5.41, 5.74) is 0.0842. The first kappa shape index (κ1) is 25.3. The van der Waals surface area contributed by atoms with Crippen molar-refractivity contribution in [3.05, 3.63) is 12.2 Å². The predicted molar refractivity (Wildman–Crippen MR) is 134 cm³/mol. The second-order valence-electron chi connectivity index (χ2n) is 13.3. The summed E-state index contributed by atoms with van der Waals surface area (Å²) in [6.07, 6.45) is 15.3. The summed E-state index contributed by atoms with van der Waals surface area (Å²) in [6.45, 7) is 15.7. The number of rotatable bonds is 5. The van der Waals surface area contributed by atoms with Crippen LogP contribution in [0.4, 0.5) is 0 Å². The van der Waals surface area contributed by atoms with Crippen LogP contribution in [0.3, 0.4) is 0 Å². The molecule has 3 nitrogen and oxygen atoms in total. The zero-order valence-electron chi connectivity index (χ0n) is 22.4. The van der Waals surface area contributed by atoms with E-state index in [4.69, 9.17) is 4.74 Å². The molecule has 33 heavy (non-hydrogen) atoms. The topological polar surface area (TPSA) is 46.5 Å². The molecule has 4 saturated carbocycles. The van der Waals surface area contributed by atoms with Crippen molar-refractivity contribution in [2.75, 3.05) is 0 Å². The zero-order valence-corrected chi connectivity index (χ0v) is 22.4. The van der Waals surface area contributed by atoms with Crippen molar-refractivity contribution in [2.45, 2.75) is 112 Å². The first-order valence-corrected chi connectivity index (χ1v) is 14.0. The molecule has 0 bridgehead atoms. The van der Waals surface area contributed by atoms with Crippen molar-refractivity contribution >= 4 is 5.97 Å². The van der Waals surface area contributed by atoms with Gasteiger partial charge in [0.25, 0.3) is 0 Å². The van der Waals surface area contributed by atoms with Gasteiger partial charge >= 0.3 is 5.97 Å². The lowest BCUT2D eigenvalue weighted by molar-refractivity contribution is -0.318. The number of allylic oxidation sites excluding steroid dienone is 2.